The summed E-state index contributed by atoms with van der Waals surface area (Å²) in [6.45, 7) is 6.57. The number of sulfonamides is 1. The summed E-state index contributed by atoms with van der Waals surface area (Å²) in [4.78, 5) is 13.6. The molecule has 7 heteroatoms. The highest BCUT2D eigenvalue weighted by Gasteiger charge is 2.24. The van der Waals surface area contributed by atoms with Crippen molar-refractivity contribution in [2.45, 2.75) is 50.5 Å². The molecule has 0 radical (unpaired) electrons. The normalized spacial score (nSPS) is 16.9. The number of rotatable bonds is 7. The van der Waals surface area contributed by atoms with E-state index < -0.39 is 10.0 Å². The lowest BCUT2D eigenvalue weighted by atomic mass is 10.1. The van der Waals surface area contributed by atoms with Gasteiger partial charge in [0.15, 0.2) is 0 Å². The molecule has 6 nitrogen and oxygen atoms in total. The van der Waals surface area contributed by atoms with Gasteiger partial charge in [0.1, 0.15) is 0 Å². The predicted molar refractivity (Wildman–Crippen MR) is 95.4 cm³/mol. The summed E-state index contributed by atoms with van der Waals surface area (Å²) < 4.78 is 27.8. The van der Waals surface area contributed by atoms with Crippen LogP contribution < -0.4 is 10.0 Å². The molecule has 1 aromatic carbocycles. The molecule has 0 atom stereocenters. The minimum absolute atomic E-state index is 0.0112. The molecule has 0 bridgehead atoms. The molecule has 134 valence electrons. The molecular formula is C17H27N3O3S. The van der Waals surface area contributed by atoms with Crippen LogP contribution >= 0.6 is 0 Å². The van der Waals surface area contributed by atoms with Crippen LogP contribution in [0.2, 0.25) is 0 Å². The average molecular weight is 353 g/mol. The number of piperidine rings is 1. The lowest BCUT2D eigenvalue weighted by molar-refractivity contribution is -0.114. The number of likely N-dealkylation sites (tertiary alicyclic amines) is 1. The second-order valence-electron chi connectivity index (χ2n) is 6.30. The van der Waals surface area contributed by atoms with Gasteiger partial charge >= 0.3 is 0 Å². The van der Waals surface area contributed by atoms with Gasteiger partial charge in [-0.25, -0.2) is 13.1 Å². The van der Waals surface area contributed by atoms with Gasteiger partial charge in [-0.3, -0.25) is 4.79 Å². The van der Waals surface area contributed by atoms with E-state index in [2.05, 4.69) is 21.9 Å². The maximum atomic E-state index is 12.5. The van der Waals surface area contributed by atoms with Gasteiger partial charge in [-0.05, 0) is 63.2 Å². The number of amides is 1. The Morgan fingerprint density at radius 3 is 2.38 bits per heavy atom. The second kappa shape index (κ2) is 8.60. The maximum absolute atomic E-state index is 12.5. The first-order chi connectivity index (χ1) is 11.4. The minimum Gasteiger partial charge on any atom is -0.326 e. The molecule has 1 aliphatic rings. The van der Waals surface area contributed by atoms with Gasteiger partial charge in [0.05, 0.1) is 4.90 Å². The number of nitrogens with one attached hydrogen (secondary N) is 2. The Kier molecular flexibility index (Phi) is 6.77. The molecule has 1 fully saturated rings. The summed E-state index contributed by atoms with van der Waals surface area (Å²) in [7, 11) is -3.52. The molecule has 0 aromatic heterocycles. The van der Waals surface area contributed by atoms with Crippen molar-refractivity contribution in [3.8, 4) is 0 Å². The van der Waals surface area contributed by atoms with E-state index in [1.807, 2.05) is 0 Å². The molecule has 1 saturated heterocycles. The zero-order valence-corrected chi connectivity index (χ0v) is 15.2. The van der Waals surface area contributed by atoms with Crippen LogP contribution in [0.4, 0.5) is 5.69 Å². The summed E-state index contributed by atoms with van der Waals surface area (Å²) in [6.07, 6.45) is 4.05. The monoisotopic (exact) mass is 353 g/mol. The fraction of sp³-hybridized carbons (Fsp3) is 0.588. The molecule has 0 aliphatic carbocycles. The molecule has 0 spiro atoms. The molecule has 1 heterocycles. The van der Waals surface area contributed by atoms with Gasteiger partial charge in [0.2, 0.25) is 15.9 Å². The third-order valence-corrected chi connectivity index (χ3v) is 5.76. The number of carbonyl (C=O) groups is 1. The van der Waals surface area contributed by atoms with Crippen molar-refractivity contribution in [2.24, 2.45) is 0 Å². The van der Waals surface area contributed by atoms with Crippen LogP contribution in [-0.2, 0) is 14.8 Å². The van der Waals surface area contributed by atoms with Crippen molar-refractivity contribution in [3.63, 3.8) is 0 Å². The molecule has 1 aliphatic heterocycles. The van der Waals surface area contributed by atoms with E-state index in [9.17, 15) is 13.2 Å². The van der Waals surface area contributed by atoms with Gasteiger partial charge in [-0.2, -0.15) is 0 Å². The summed E-state index contributed by atoms with van der Waals surface area (Å²) in [6, 6.07) is 6.23. The Morgan fingerprint density at radius 1 is 1.21 bits per heavy atom. The quantitative estimate of drug-likeness (QED) is 0.788. The Morgan fingerprint density at radius 2 is 1.83 bits per heavy atom. The first-order valence-corrected chi connectivity index (χ1v) is 10.0. The van der Waals surface area contributed by atoms with E-state index in [0.717, 1.165) is 32.5 Å². The third-order valence-electron chi connectivity index (χ3n) is 4.22. The van der Waals surface area contributed by atoms with Crippen molar-refractivity contribution in [3.05, 3.63) is 24.3 Å². The van der Waals surface area contributed by atoms with E-state index in [1.165, 1.54) is 31.9 Å². The highest BCUT2D eigenvalue weighted by atomic mass is 32.2. The summed E-state index contributed by atoms with van der Waals surface area (Å²) in [5.74, 6) is -0.182. The van der Waals surface area contributed by atoms with Crippen molar-refractivity contribution in [1.82, 2.24) is 9.62 Å². The SMILES string of the molecule is CCCCN1CCC(NS(=O)(=O)c2ccc(NC(C)=O)cc2)CC1. The number of nitrogens with zero attached hydrogens (tertiary/aromatic N) is 1. The topological polar surface area (TPSA) is 78.5 Å². The molecule has 2 rings (SSSR count). The van der Waals surface area contributed by atoms with E-state index >= 15 is 0 Å². The molecule has 1 aromatic rings. The van der Waals surface area contributed by atoms with Crippen molar-refractivity contribution < 1.29 is 13.2 Å². The van der Waals surface area contributed by atoms with Crippen LogP contribution in [0.15, 0.2) is 29.2 Å². The van der Waals surface area contributed by atoms with Crippen LogP contribution in [0.3, 0.4) is 0 Å². The first kappa shape index (κ1) is 18.9. The highest BCUT2D eigenvalue weighted by molar-refractivity contribution is 7.89. The van der Waals surface area contributed by atoms with E-state index in [4.69, 9.17) is 0 Å². The van der Waals surface area contributed by atoms with Gasteiger partial charge in [0, 0.05) is 18.7 Å². The van der Waals surface area contributed by atoms with E-state index in [-0.39, 0.29) is 16.8 Å². The van der Waals surface area contributed by atoms with Crippen LogP contribution in [0.5, 0.6) is 0 Å². The Bertz CT molecular complexity index is 636. The van der Waals surface area contributed by atoms with Gasteiger partial charge in [-0.1, -0.05) is 13.3 Å². The summed E-state index contributed by atoms with van der Waals surface area (Å²) in [5, 5.41) is 2.63. The predicted octanol–water partition coefficient (Wildman–Crippen LogP) is 2.19. The Hall–Kier alpha value is -1.44. The van der Waals surface area contributed by atoms with Crippen LogP contribution in [0.1, 0.15) is 39.5 Å². The summed E-state index contributed by atoms with van der Waals surface area (Å²) in [5.41, 5.74) is 0.589. The van der Waals surface area contributed by atoms with Crippen LogP contribution in [0, 0.1) is 0 Å². The lowest BCUT2D eigenvalue weighted by Gasteiger charge is -2.32. The van der Waals surface area contributed by atoms with E-state index in [0.29, 0.717) is 5.69 Å². The largest absolute Gasteiger partial charge is 0.326 e. The second-order valence-corrected chi connectivity index (χ2v) is 8.01. The number of anilines is 1. The Labute approximate surface area is 144 Å². The van der Waals surface area contributed by atoms with Crippen LogP contribution in [0.25, 0.3) is 0 Å². The Balaban J connectivity index is 1.91. The number of hydrogen-bond donors (Lipinski definition) is 2. The molecular weight excluding hydrogens is 326 g/mol. The zero-order chi connectivity index (χ0) is 17.6. The molecule has 0 saturated carbocycles. The first-order valence-electron chi connectivity index (χ1n) is 8.53. The average Bonchev–Trinajstić information content (AvgIpc) is 2.54. The standard InChI is InChI=1S/C17H27N3O3S/c1-3-4-11-20-12-9-16(10-13-20)19-24(22,23)17-7-5-15(6-8-17)18-14(2)21/h5-8,16,19H,3-4,9-13H2,1-2H3,(H,18,21). The maximum Gasteiger partial charge on any atom is 0.240 e. The minimum atomic E-state index is -3.52. The number of unbranched alkanes of at least 4 members (excludes halogenated alkanes) is 1. The smallest absolute Gasteiger partial charge is 0.240 e. The third kappa shape index (κ3) is 5.58. The van der Waals surface area contributed by atoms with Crippen LogP contribution in [-0.4, -0.2) is 44.9 Å². The van der Waals surface area contributed by atoms with Gasteiger partial charge in [-0.15, -0.1) is 0 Å². The van der Waals surface area contributed by atoms with Crippen molar-refractivity contribution in [1.29, 1.82) is 0 Å². The fourth-order valence-corrected chi connectivity index (χ4v) is 4.17. The van der Waals surface area contributed by atoms with E-state index in [1.54, 1.807) is 12.1 Å². The molecule has 1 amide bonds. The molecule has 24 heavy (non-hydrogen) atoms. The van der Waals surface area contributed by atoms with Crippen molar-refractivity contribution in [2.75, 3.05) is 25.0 Å². The number of carbonyl (C=O) groups excluding carboxylic acids is 1. The molecule has 0 unspecified atom stereocenters. The fourth-order valence-electron chi connectivity index (χ4n) is 2.86. The lowest BCUT2D eigenvalue weighted by Crippen LogP contribution is -2.44. The molecule has 2 N–H and O–H groups in total. The highest BCUT2D eigenvalue weighted by Crippen LogP contribution is 2.17. The van der Waals surface area contributed by atoms with Gasteiger partial charge < -0.3 is 10.2 Å². The van der Waals surface area contributed by atoms with Crippen molar-refractivity contribution >= 4 is 21.6 Å². The zero-order valence-electron chi connectivity index (χ0n) is 14.4. The number of benzene rings is 1. The number of hydrogen-bond acceptors (Lipinski definition) is 4. The van der Waals surface area contributed by atoms with Gasteiger partial charge in [0.25, 0.3) is 0 Å². The summed E-state index contributed by atoms with van der Waals surface area (Å²) >= 11 is 0.